The number of ether oxygens (including phenoxy) is 1. The van der Waals surface area contributed by atoms with Gasteiger partial charge in [-0.3, -0.25) is 4.79 Å². The summed E-state index contributed by atoms with van der Waals surface area (Å²) < 4.78 is 19.0. The Kier molecular flexibility index (Phi) is 7.23. The van der Waals surface area contributed by atoms with Crippen molar-refractivity contribution in [3.63, 3.8) is 0 Å². The van der Waals surface area contributed by atoms with Crippen LogP contribution in [0.1, 0.15) is 23.6 Å². The van der Waals surface area contributed by atoms with E-state index in [0.29, 0.717) is 23.8 Å². The molecule has 0 unspecified atom stereocenters. The summed E-state index contributed by atoms with van der Waals surface area (Å²) >= 11 is 5.72. The van der Waals surface area contributed by atoms with Crippen LogP contribution in [0.3, 0.4) is 0 Å². The summed E-state index contributed by atoms with van der Waals surface area (Å²) in [6.45, 7) is 5.20. The molecule has 0 saturated carbocycles. The highest BCUT2D eigenvalue weighted by Crippen LogP contribution is 2.21. The Bertz CT molecular complexity index is 1350. The van der Waals surface area contributed by atoms with Gasteiger partial charge in [-0.15, -0.1) is 0 Å². The number of anilines is 1. The van der Waals surface area contributed by atoms with Crippen LogP contribution in [0.15, 0.2) is 77.6 Å². The third-order valence-electron chi connectivity index (χ3n) is 5.44. The van der Waals surface area contributed by atoms with Gasteiger partial charge in [0, 0.05) is 28.7 Å². The minimum Gasteiger partial charge on any atom is -0.494 e. The molecule has 3 aromatic carbocycles. The molecular weight excluding hydrogens is 449 g/mol. The molecule has 0 aliphatic carbocycles. The zero-order chi connectivity index (χ0) is 24.1. The molecule has 2 N–H and O–H groups in total. The van der Waals surface area contributed by atoms with Crippen molar-refractivity contribution in [1.82, 2.24) is 9.88 Å². The molecular formula is C27H26FN3O2S. The molecule has 0 amide bonds. The fourth-order valence-electron chi connectivity index (χ4n) is 3.66. The number of nitrogens with one attached hydrogen (secondary N) is 2. The Morgan fingerprint density at radius 1 is 1.03 bits per heavy atom. The maximum atomic E-state index is 13.4. The molecule has 0 aliphatic heterocycles. The fourth-order valence-corrected chi connectivity index (χ4v) is 3.91. The number of pyridine rings is 1. The molecule has 5 nitrogen and oxygen atoms in total. The lowest BCUT2D eigenvalue weighted by molar-refractivity contribution is 0.340. The van der Waals surface area contributed by atoms with E-state index in [4.69, 9.17) is 17.0 Å². The molecule has 0 bridgehead atoms. The third-order valence-corrected chi connectivity index (χ3v) is 5.80. The monoisotopic (exact) mass is 475 g/mol. The molecule has 4 aromatic rings. The highest BCUT2D eigenvalue weighted by molar-refractivity contribution is 7.80. The van der Waals surface area contributed by atoms with Crippen molar-refractivity contribution in [3.05, 3.63) is 106 Å². The van der Waals surface area contributed by atoms with Crippen LogP contribution < -0.4 is 15.6 Å². The lowest BCUT2D eigenvalue weighted by Crippen LogP contribution is -2.35. The predicted molar refractivity (Wildman–Crippen MR) is 139 cm³/mol. The highest BCUT2D eigenvalue weighted by Gasteiger charge is 2.15. The van der Waals surface area contributed by atoms with Gasteiger partial charge in [0.05, 0.1) is 13.2 Å². The standard InChI is InChI=1S/C27H26FN3O2S/c1-3-33-24-12-13-25-20(15-24)14-21(26(32)30-25)17-31(16-19-6-8-22(28)9-7-19)27(34)29-23-10-4-18(2)5-11-23/h4-15H,3,16-17H2,1-2H3,(H,29,34)(H,30,32). The molecule has 34 heavy (non-hydrogen) atoms. The van der Waals surface area contributed by atoms with Crippen molar-refractivity contribution >= 4 is 33.9 Å². The molecule has 0 fully saturated rings. The van der Waals surface area contributed by atoms with Gasteiger partial charge in [0.15, 0.2) is 5.11 Å². The topological polar surface area (TPSA) is 57.4 Å². The summed E-state index contributed by atoms with van der Waals surface area (Å²) in [6.07, 6.45) is 0. The van der Waals surface area contributed by atoms with Gasteiger partial charge < -0.3 is 19.9 Å². The number of aromatic amines is 1. The first-order chi connectivity index (χ1) is 16.4. The Morgan fingerprint density at radius 2 is 1.76 bits per heavy atom. The minimum absolute atomic E-state index is 0.182. The number of aromatic nitrogens is 1. The van der Waals surface area contributed by atoms with Gasteiger partial charge in [-0.2, -0.15) is 0 Å². The molecule has 4 rings (SSSR count). The van der Waals surface area contributed by atoms with Crippen LogP contribution in [0.4, 0.5) is 10.1 Å². The van der Waals surface area contributed by atoms with E-state index < -0.39 is 0 Å². The van der Waals surface area contributed by atoms with Gasteiger partial charge in [-0.1, -0.05) is 29.8 Å². The largest absolute Gasteiger partial charge is 0.494 e. The summed E-state index contributed by atoms with van der Waals surface area (Å²) in [5.74, 6) is 0.444. The molecule has 0 atom stereocenters. The van der Waals surface area contributed by atoms with Gasteiger partial charge >= 0.3 is 0 Å². The van der Waals surface area contributed by atoms with Gasteiger partial charge in [-0.05, 0) is 80.2 Å². The van der Waals surface area contributed by atoms with Crippen LogP contribution in [-0.2, 0) is 13.1 Å². The van der Waals surface area contributed by atoms with Crippen molar-refractivity contribution in [2.45, 2.75) is 26.9 Å². The fraction of sp³-hybridized carbons (Fsp3) is 0.185. The van der Waals surface area contributed by atoms with Crippen LogP contribution in [0, 0.1) is 12.7 Å². The second kappa shape index (κ2) is 10.5. The Morgan fingerprint density at radius 3 is 2.47 bits per heavy atom. The molecule has 0 saturated heterocycles. The van der Waals surface area contributed by atoms with Crippen LogP contribution >= 0.6 is 12.2 Å². The molecule has 0 spiro atoms. The first-order valence-electron chi connectivity index (χ1n) is 11.1. The average molecular weight is 476 g/mol. The number of hydrogen-bond donors (Lipinski definition) is 2. The molecule has 0 aliphatic rings. The molecule has 174 valence electrons. The number of H-pyrrole nitrogens is 1. The summed E-state index contributed by atoms with van der Waals surface area (Å²) in [5.41, 5.74) is 4.01. The molecule has 1 aromatic heterocycles. The van der Waals surface area contributed by atoms with E-state index in [-0.39, 0.29) is 17.9 Å². The number of thiocarbonyl (C=S) groups is 1. The maximum Gasteiger partial charge on any atom is 0.253 e. The summed E-state index contributed by atoms with van der Waals surface area (Å²) in [7, 11) is 0. The van der Waals surface area contributed by atoms with Gasteiger partial charge in [0.1, 0.15) is 11.6 Å². The second-order valence-electron chi connectivity index (χ2n) is 8.08. The zero-order valence-corrected chi connectivity index (χ0v) is 19.9. The SMILES string of the molecule is CCOc1ccc2[nH]c(=O)c(CN(Cc3ccc(F)cc3)C(=S)Nc3ccc(C)cc3)cc2c1. The van der Waals surface area contributed by atoms with E-state index in [2.05, 4.69) is 10.3 Å². The van der Waals surface area contributed by atoms with Crippen molar-refractivity contribution in [2.75, 3.05) is 11.9 Å². The Hall–Kier alpha value is -3.71. The second-order valence-corrected chi connectivity index (χ2v) is 8.47. The lowest BCUT2D eigenvalue weighted by Gasteiger charge is -2.26. The van der Waals surface area contributed by atoms with Gasteiger partial charge in [-0.25, -0.2) is 4.39 Å². The van der Waals surface area contributed by atoms with Crippen LogP contribution in [-0.4, -0.2) is 21.6 Å². The number of benzene rings is 3. The summed E-state index contributed by atoms with van der Waals surface area (Å²) in [5, 5.41) is 4.60. The van der Waals surface area contributed by atoms with Gasteiger partial charge in [0.2, 0.25) is 0 Å². The smallest absolute Gasteiger partial charge is 0.253 e. The summed E-state index contributed by atoms with van der Waals surface area (Å²) in [4.78, 5) is 17.7. The van der Waals surface area contributed by atoms with E-state index >= 15 is 0 Å². The van der Waals surface area contributed by atoms with E-state index in [1.807, 2.05) is 67.3 Å². The van der Waals surface area contributed by atoms with Crippen molar-refractivity contribution in [2.24, 2.45) is 0 Å². The third kappa shape index (κ3) is 5.80. The van der Waals surface area contributed by atoms with Crippen molar-refractivity contribution in [3.8, 4) is 5.75 Å². The predicted octanol–water partition coefficient (Wildman–Crippen LogP) is 5.77. The van der Waals surface area contributed by atoms with Crippen LogP contribution in [0.25, 0.3) is 10.9 Å². The first kappa shape index (κ1) is 23.4. The van der Waals surface area contributed by atoms with Crippen molar-refractivity contribution in [1.29, 1.82) is 0 Å². The van der Waals surface area contributed by atoms with E-state index in [9.17, 15) is 9.18 Å². The van der Waals surface area contributed by atoms with Crippen LogP contribution in [0.5, 0.6) is 5.75 Å². The average Bonchev–Trinajstić information content (AvgIpc) is 2.82. The first-order valence-corrected chi connectivity index (χ1v) is 11.5. The Labute approximate surface area is 203 Å². The minimum atomic E-state index is -0.299. The lowest BCUT2D eigenvalue weighted by atomic mass is 10.1. The van der Waals surface area contributed by atoms with E-state index in [1.165, 1.54) is 12.1 Å². The number of hydrogen-bond acceptors (Lipinski definition) is 3. The molecule has 0 radical (unpaired) electrons. The van der Waals surface area contributed by atoms with Crippen molar-refractivity contribution < 1.29 is 9.13 Å². The van der Waals surface area contributed by atoms with Crippen LogP contribution in [0.2, 0.25) is 0 Å². The summed E-state index contributed by atoms with van der Waals surface area (Å²) in [6, 6.07) is 21.6. The number of nitrogens with zero attached hydrogens (tertiary/aromatic N) is 1. The van der Waals surface area contributed by atoms with E-state index in [0.717, 1.165) is 33.5 Å². The normalized spacial score (nSPS) is 10.8. The number of halogens is 1. The molecule has 1 heterocycles. The Balaban J connectivity index is 1.64. The molecule has 7 heteroatoms. The van der Waals surface area contributed by atoms with E-state index in [1.54, 1.807) is 12.1 Å². The maximum absolute atomic E-state index is 13.4. The number of rotatable bonds is 7. The number of fused-ring (bicyclic) bond motifs is 1. The highest BCUT2D eigenvalue weighted by atomic mass is 32.1. The number of aryl methyl sites for hydroxylation is 1. The quantitative estimate of drug-likeness (QED) is 0.332. The zero-order valence-electron chi connectivity index (χ0n) is 19.1. The van der Waals surface area contributed by atoms with Gasteiger partial charge in [0.25, 0.3) is 5.56 Å².